The summed E-state index contributed by atoms with van der Waals surface area (Å²) in [6.07, 6.45) is 3.07. The van der Waals surface area contributed by atoms with Crippen LogP contribution in [0.25, 0.3) is 0 Å². The Labute approximate surface area is 76.7 Å². The van der Waals surface area contributed by atoms with Gasteiger partial charge in [-0.15, -0.1) is 0 Å². The van der Waals surface area contributed by atoms with E-state index in [2.05, 4.69) is 4.98 Å². The third-order valence-corrected chi connectivity index (χ3v) is 1.08. The molecule has 0 bridgehead atoms. The maximum absolute atomic E-state index is 5.50. The van der Waals surface area contributed by atoms with Crippen LogP contribution >= 0.6 is 23.2 Å². The SMILES string of the molecule is Clc1cncc(Cl)c1.[Ir+3]. The van der Waals surface area contributed by atoms with Gasteiger partial charge in [0.2, 0.25) is 0 Å². The minimum atomic E-state index is 0. The molecular weight excluding hydrogens is 337 g/mol. The second kappa shape index (κ2) is 4.24. The summed E-state index contributed by atoms with van der Waals surface area (Å²) in [6.45, 7) is 0. The quantitative estimate of drug-likeness (QED) is 0.707. The normalized spacial score (nSPS) is 8.22. The summed E-state index contributed by atoms with van der Waals surface area (Å²) in [6, 6.07) is 1.64. The van der Waals surface area contributed by atoms with Gasteiger partial charge in [-0.3, -0.25) is 4.98 Å². The molecule has 0 atom stereocenters. The molecule has 9 heavy (non-hydrogen) atoms. The molecule has 0 fully saturated rings. The van der Waals surface area contributed by atoms with E-state index < -0.39 is 0 Å². The number of pyridine rings is 1. The molecule has 1 rings (SSSR count). The number of aromatic nitrogens is 1. The van der Waals surface area contributed by atoms with Crippen LogP contribution in [-0.4, -0.2) is 4.98 Å². The van der Waals surface area contributed by atoms with Crippen molar-refractivity contribution in [1.29, 1.82) is 0 Å². The molecule has 0 aliphatic rings. The molecule has 1 nitrogen and oxygen atoms in total. The molecule has 1 heterocycles. The maximum Gasteiger partial charge on any atom is 3.00 e. The van der Waals surface area contributed by atoms with E-state index in [1.54, 1.807) is 6.07 Å². The third kappa shape index (κ3) is 3.17. The number of hydrogen-bond acceptors (Lipinski definition) is 1. The minimum absolute atomic E-state index is 0. The Morgan fingerprint density at radius 2 is 1.56 bits per heavy atom. The van der Waals surface area contributed by atoms with Crippen LogP contribution in [0.15, 0.2) is 18.5 Å². The fourth-order valence-corrected chi connectivity index (χ4v) is 0.790. The van der Waals surface area contributed by atoms with Crippen molar-refractivity contribution in [2.24, 2.45) is 0 Å². The third-order valence-electron chi connectivity index (χ3n) is 0.672. The molecule has 0 aliphatic carbocycles. The van der Waals surface area contributed by atoms with Gasteiger partial charge in [-0.05, 0) is 6.07 Å². The second-order valence-electron chi connectivity index (χ2n) is 1.32. The first kappa shape index (κ1) is 9.38. The van der Waals surface area contributed by atoms with E-state index in [1.165, 1.54) is 12.4 Å². The van der Waals surface area contributed by atoms with E-state index in [9.17, 15) is 0 Å². The molecule has 0 amide bonds. The Morgan fingerprint density at radius 1 is 1.11 bits per heavy atom. The van der Waals surface area contributed by atoms with E-state index in [0.717, 1.165) is 0 Å². The molecule has 1 aromatic heterocycles. The van der Waals surface area contributed by atoms with Crippen molar-refractivity contribution in [3.63, 3.8) is 0 Å². The Morgan fingerprint density at radius 3 is 1.78 bits per heavy atom. The Bertz CT molecular complexity index is 175. The predicted molar refractivity (Wildman–Crippen MR) is 34.3 cm³/mol. The first-order valence-corrected chi connectivity index (χ1v) is 2.80. The Balaban J connectivity index is 0.000000640. The van der Waals surface area contributed by atoms with Gasteiger partial charge in [0.1, 0.15) is 0 Å². The predicted octanol–water partition coefficient (Wildman–Crippen LogP) is 2.39. The standard InChI is InChI=1S/C5H3Cl2N.Ir/c6-4-1-5(7)3-8-2-4;/h1-3H;/q;+3. The fraction of sp³-hybridized carbons (Fsp3) is 0. The summed E-state index contributed by atoms with van der Waals surface area (Å²) < 4.78 is 0. The van der Waals surface area contributed by atoms with E-state index in [-0.39, 0.29) is 20.1 Å². The number of nitrogens with zero attached hydrogens (tertiary/aromatic N) is 1. The van der Waals surface area contributed by atoms with Gasteiger partial charge in [-0.1, -0.05) is 23.2 Å². The van der Waals surface area contributed by atoms with E-state index >= 15 is 0 Å². The second-order valence-corrected chi connectivity index (χ2v) is 2.19. The van der Waals surface area contributed by atoms with Crippen molar-refractivity contribution in [3.8, 4) is 0 Å². The minimum Gasteiger partial charge on any atom is -0.262 e. The largest absolute Gasteiger partial charge is 3.00 e. The van der Waals surface area contributed by atoms with Crippen molar-refractivity contribution in [2.45, 2.75) is 0 Å². The molecular formula is C5H3Cl2IrN+3. The van der Waals surface area contributed by atoms with Crippen LogP contribution in [0.3, 0.4) is 0 Å². The zero-order valence-electron chi connectivity index (χ0n) is 4.27. The van der Waals surface area contributed by atoms with Crippen LogP contribution < -0.4 is 0 Å². The van der Waals surface area contributed by atoms with Crippen LogP contribution in [0.1, 0.15) is 0 Å². The molecule has 0 spiro atoms. The number of halogens is 2. The average Bonchev–Trinajstić information content (AvgIpc) is 1.64. The van der Waals surface area contributed by atoms with E-state index in [0.29, 0.717) is 10.0 Å². The Hall–Kier alpha value is 0.379. The number of rotatable bonds is 0. The Kier molecular flexibility index (Phi) is 4.41. The molecule has 1 aromatic rings. The summed E-state index contributed by atoms with van der Waals surface area (Å²) in [4.78, 5) is 3.72. The van der Waals surface area contributed by atoms with Gasteiger partial charge in [-0.25, -0.2) is 0 Å². The van der Waals surface area contributed by atoms with Crippen molar-refractivity contribution >= 4 is 23.2 Å². The summed E-state index contributed by atoms with van der Waals surface area (Å²) >= 11 is 11.0. The van der Waals surface area contributed by atoms with Gasteiger partial charge < -0.3 is 0 Å². The number of hydrogen-bond donors (Lipinski definition) is 0. The van der Waals surface area contributed by atoms with Crippen LogP contribution in [0.4, 0.5) is 0 Å². The van der Waals surface area contributed by atoms with E-state index in [1.807, 2.05) is 0 Å². The average molecular weight is 340 g/mol. The zero-order chi connectivity index (χ0) is 5.98. The van der Waals surface area contributed by atoms with Gasteiger partial charge in [-0.2, -0.15) is 0 Å². The van der Waals surface area contributed by atoms with Gasteiger partial charge >= 0.3 is 20.1 Å². The van der Waals surface area contributed by atoms with E-state index in [4.69, 9.17) is 23.2 Å². The summed E-state index contributed by atoms with van der Waals surface area (Å²) in [5.74, 6) is 0. The molecule has 4 heteroatoms. The molecule has 0 aromatic carbocycles. The van der Waals surface area contributed by atoms with Crippen LogP contribution in [0.5, 0.6) is 0 Å². The molecule has 0 N–H and O–H groups in total. The summed E-state index contributed by atoms with van der Waals surface area (Å²) in [5, 5.41) is 1.13. The topological polar surface area (TPSA) is 12.9 Å². The van der Waals surface area contributed by atoms with Gasteiger partial charge in [0.15, 0.2) is 0 Å². The maximum atomic E-state index is 5.50. The molecule has 48 valence electrons. The zero-order valence-corrected chi connectivity index (χ0v) is 8.18. The van der Waals surface area contributed by atoms with Crippen molar-refractivity contribution in [1.82, 2.24) is 4.98 Å². The molecule has 0 unspecified atom stereocenters. The van der Waals surface area contributed by atoms with Crippen LogP contribution in [0, 0.1) is 0 Å². The monoisotopic (exact) mass is 340 g/mol. The van der Waals surface area contributed by atoms with Crippen molar-refractivity contribution in [2.75, 3.05) is 0 Å². The van der Waals surface area contributed by atoms with Crippen LogP contribution in [0.2, 0.25) is 10.0 Å². The van der Waals surface area contributed by atoms with Crippen molar-refractivity contribution < 1.29 is 20.1 Å². The fourth-order valence-electron chi connectivity index (χ4n) is 0.386. The smallest absolute Gasteiger partial charge is 0.262 e. The summed E-state index contributed by atoms with van der Waals surface area (Å²) in [5.41, 5.74) is 0. The van der Waals surface area contributed by atoms with Gasteiger partial charge in [0.05, 0.1) is 10.0 Å². The first-order chi connectivity index (χ1) is 3.79. The van der Waals surface area contributed by atoms with Gasteiger partial charge in [0, 0.05) is 12.4 Å². The molecule has 0 saturated carbocycles. The van der Waals surface area contributed by atoms with Gasteiger partial charge in [0.25, 0.3) is 0 Å². The molecule has 0 aliphatic heterocycles. The van der Waals surface area contributed by atoms with Crippen molar-refractivity contribution in [3.05, 3.63) is 28.5 Å². The van der Waals surface area contributed by atoms with Crippen LogP contribution in [-0.2, 0) is 20.1 Å². The summed E-state index contributed by atoms with van der Waals surface area (Å²) in [7, 11) is 0. The molecule has 0 radical (unpaired) electrons. The first-order valence-electron chi connectivity index (χ1n) is 2.05. The molecule has 0 saturated heterocycles.